The van der Waals surface area contributed by atoms with Crippen LogP contribution in [0.1, 0.15) is 49.9 Å². The van der Waals surface area contributed by atoms with E-state index in [0.717, 1.165) is 18.8 Å². The number of hydrogen-bond donors (Lipinski definition) is 0. The number of unbranched alkanes of at least 4 members (excludes halogenated alkanes) is 1. The lowest BCUT2D eigenvalue weighted by Gasteiger charge is -2.02. The van der Waals surface area contributed by atoms with Gasteiger partial charge >= 0.3 is 0 Å². The van der Waals surface area contributed by atoms with Gasteiger partial charge in [-0.25, -0.2) is 0 Å². The summed E-state index contributed by atoms with van der Waals surface area (Å²) in [6, 6.07) is 1.73. The maximum absolute atomic E-state index is 11.5. The molecule has 0 radical (unpaired) electrons. The Kier molecular flexibility index (Phi) is 4.44. The van der Waals surface area contributed by atoms with Crippen LogP contribution < -0.4 is 0 Å². The molecule has 1 rings (SSSR count). The van der Waals surface area contributed by atoms with Crippen LogP contribution in [0.25, 0.3) is 0 Å². The predicted octanol–water partition coefficient (Wildman–Crippen LogP) is 3.68. The number of furan rings is 1. The minimum atomic E-state index is 0.197. The lowest BCUT2D eigenvalue weighted by molar-refractivity contribution is 0.0978. The van der Waals surface area contributed by atoms with E-state index < -0.39 is 0 Å². The second-order valence-corrected chi connectivity index (χ2v) is 4.07. The van der Waals surface area contributed by atoms with Crippen molar-refractivity contribution in [2.45, 2.75) is 39.5 Å². The Morgan fingerprint density at radius 1 is 1.43 bits per heavy atom. The van der Waals surface area contributed by atoms with E-state index in [4.69, 9.17) is 4.42 Å². The smallest absolute Gasteiger partial charge is 0.166 e. The Bertz CT molecular complexity index is 260. The molecule has 0 saturated carbocycles. The molecule has 0 saturated heterocycles. The van der Waals surface area contributed by atoms with Crippen molar-refractivity contribution in [3.05, 3.63) is 24.2 Å². The standard InChI is InChI=1S/C12H18O2/c1-10(2)5-3-4-6-12(13)11-7-8-14-9-11/h7-10H,3-6H2,1-2H3. The van der Waals surface area contributed by atoms with Crippen LogP contribution in [0.2, 0.25) is 0 Å². The molecule has 0 atom stereocenters. The topological polar surface area (TPSA) is 30.2 Å². The fourth-order valence-electron chi connectivity index (χ4n) is 1.41. The second-order valence-electron chi connectivity index (χ2n) is 4.07. The van der Waals surface area contributed by atoms with E-state index in [1.165, 1.54) is 12.7 Å². The number of ketones is 1. The van der Waals surface area contributed by atoms with Crippen LogP contribution in [-0.4, -0.2) is 5.78 Å². The molecule has 2 nitrogen and oxygen atoms in total. The summed E-state index contributed by atoms with van der Waals surface area (Å²) < 4.78 is 4.86. The van der Waals surface area contributed by atoms with Crippen LogP contribution in [0.5, 0.6) is 0 Å². The Hall–Kier alpha value is -1.05. The zero-order valence-corrected chi connectivity index (χ0v) is 8.95. The van der Waals surface area contributed by atoms with E-state index in [9.17, 15) is 4.79 Å². The summed E-state index contributed by atoms with van der Waals surface area (Å²) >= 11 is 0. The highest BCUT2D eigenvalue weighted by Gasteiger charge is 2.06. The molecular formula is C12H18O2. The first-order valence-electron chi connectivity index (χ1n) is 5.25. The van der Waals surface area contributed by atoms with Gasteiger partial charge in [0, 0.05) is 6.42 Å². The largest absolute Gasteiger partial charge is 0.472 e. The predicted molar refractivity (Wildman–Crippen MR) is 56.3 cm³/mol. The van der Waals surface area contributed by atoms with Crippen LogP contribution in [-0.2, 0) is 0 Å². The lowest BCUT2D eigenvalue weighted by atomic mass is 10.0. The van der Waals surface area contributed by atoms with Gasteiger partial charge in [0.25, 0.3) is 0 Å². The molecule has 0 aliphatic carbocycles. The Morgan fingerprint density at radius 3 is 2.79 bits per heavy atom. The van der Waals surface area contributed by atoms with Gasteiger partial charge in [0.2, 0.25) is 0 Å². The van der Waals surface area contributed by atoms with Crippen molar-refractivity contribution in [2.75, 3.05) is 0 Å². The molecule has 78 valence electrons. The molecule has 0 aromatic carbocycles. The third-order valence-corrected chi connectivity index (χ3v) is 2.28. The molecule has 0 N–H and O–H groups in total. The van der Waals surface area contributed by atoms with Crippen molar-refractivity contribution in [1.29, 1.82) is 0 Å². The van der Waals surface area contributed by atoms with Crippen LogP contribution in [0.4, 0.5) is 0 Å². The molecule has 1 aromatic rings. The maximum Gasteiger partial charge on any atom is 0.166 e. The highest BCUT2D eigenvalue weighted by atomic mass is 16.3. The molecule has 2 heteroatoms. The number of rotatable bonds is 6. The van der Waals surface area contributed by atoms with Crippen molar-refractivity contribution >= 4 is 5.78 Å². The summed E-state index contributed by atoms with van der Waals surface area (Å²) in [7, 11) is 0. The van der Waals surface area contributed by atoms with Gasteiger partial charge in [-0.3, -0.25) is 4.79 Å². The Labute approximate surface area is 85.3 Å². The molecule has 0 aliphatic heterocycles. The number of hydrogen-bond acceptors (Lipinski definition) is 2. The molecule has 0 unspecified atom stereocenters. The summed E-state index contributed by atoms with van der Waals surface area (Å²) in [6.07, 6.45) is 7.04. The number of Topliss-reactive ketones (excluding diaryl/α,β-unsaturated/α-hetero) is 1. The normalized spacial score (nSPS) is 10.8. The minimum absolute atomic E-state index is 0.197. The molecule has 0 fully saturated rings. The minimum Gasteiger partial charge on any atom is -0.472 e. The fourth-order valence-corrected chi connectivity index (χ4v) is 1.41. The number of carbonyl (C=O) groups excluding carboxylic acids is 1. The molecule has 0 amide bonds. The van der Waals surface area contributed by atoms with Crippen molar-refractivity contribution in [3.8, 4) is 0 Å². The van der Waals surface area contributed by atoms with Gasteiger partial charge in [-0.2, -0.15) is 0 Å². The van der Waals surface area contributed by atoms with Crippen LogP contribution in [0.3, 0.4) is 0 Å². The first kappa shape index (κ1) is 11.0. The average Bonchev–Trinajstić information content (AvgIpc) is 2.64. The lowest BCUT2D eigenvalue weighted by Crippen LogP contribution is -1.97. The number of carbonyl (C=O) groups is 1. The quantitative estimate of drug-likeness (QED) is 0.510. The van der Waals surface area contributed by atoms with Crippen molar-refractivity contribution in [1.82, 2.24) is 0 Å². The second kappa shape index (κ2) is 5.63. The summed E-state index contributed by atoms with van der Waals surface area (Å²) in [5.41, 5.74) is 0.703. The van der Waals surface area contributed by atoms with Crippen LogP contribution in [0.15, 0.2) is 23.0 Å². The van der Waals surface area contributed by atoms with Gasteiger partial charge in [0.1, 0.15) is 6.26 Å². The third-order valence-electron chi connectivity index (χ3n) is 2.28. The zero-order chi connectivity index (χ0) is 10.4. The fraction of sp³-hybridized carbons (Fsp3) is 0.583. The van der Waals surface area contributed by atoms with E-state index in [0.29, 0.717) is 12.0 Å². The van der Waals surface area contributed by atoms with E-state index >= 15 is 0 Å². The monoisotopic (exact) mass is 194 g/mol. The van der Waals surface area contributed by atoms with Gasteiger partial charge in [-0.15, -0.1) is 0 Å². The Balaban J connectivity index is 2.16. The molecule has 0 aliphatic rings. The van der Waals surface area contributed by atoms with Gasteiger partial charge in [0.05, 0.1) is 11.8 Å². The van der Waals surface area contributed by atoms with Gasteiger partial charge < -0.3 is 4.42 Å². The van der Waals surface area contributed by atoms with Crippen molar-refractivity contribution < 1.29 is 9.21 Å². The van der Waals surface area contributed by atoms with Crippen LogP contribution >= 0.6 is 0 Å². The maximum atomic E-state index is 11.5. The van der Waals surface area contributed by atoms with E-state index in [-0.39, 0.29) is 5.78 Å². The van der Waals surface area contributed by atoms with Gasteiger partial charge in [0.15, 0.2) is 5.78 Å². The summed E-state index contributed by atoms with van der Waals surface area (Å²) in [6.45, 7) is 4.41. The molecule has 1 aromatic heterocycles. The SMILES string of the molecule is CC(C)CCCCC(=O)c1ccoc1. The highest BCUT2D eigenvalue weighted by molar-refractivity contribution is 5.95. The molecule has 14 heavy (non-hydrogen) atoms. The van der Waals surface area contributed by atoms with Gasteiger partial charge in [-0.05, 0) is 18.4 Å². The average molecular weight is 194 g/mol. The van der Waals surface area contributed by atoms with E-state index in [2.05, 4.69) is 13.8 Å². The molecule has 1 heterocycles. The molecular weight excluding hydrogens is 176 g/mol. The van der Waals surface area contributed by atoms with Crippen molar-refractivity contribution in [2.24, 2.45) is 5.92 Å². The zero-order valence-electron chi connectivity index (χ0n) is 8.95. The van der Waals surface area contributed by atoms with Crippen LogP contribution in [0, 0.1) is 5.92 Å². The first-order chi connectivity index (χ1) is 6.70. The summed E-state index contributed by atoms with van der Waals surface area (Å²) in [4.78, 5) is 11.5. The molecule has 0 spiro atoms. The van der Waals surface area contributed by atoms with E-state index in [1.807, 2.05) is 0 Å². The van der Waals surface area contributed by atoms with E-state index in [1.54, 1.807) is 12.3 Å². The molecule has 0 bridgehead atoms. The van der Waals surface area contributed by atoms with Gasteiger partial charge in [-0.1, -0.05) is 26.7 Å². The highest BCUT2D eigenvalue weighted by Crippen LogP contribution is 2.11. The Morgan fingerprint density at radius 2 is 2.21 bits per heavy atom. The van der Waals surface area contributed by atoms with Crippen molar-refractivity contribution in [3.63, 3.8) is 0 Å². The first-order valence-corrected chi connectivity index (χ1v) is 5.25. The third kappa shape index (κ3) is 3.77. The summed E-state index contributed by atoms with van der Waals surface area (Å²) in [5, 5.41) is 0. The summed E-state index contributed by atoms with van der Waals surface area (Å²) in [5.74, 6) is 0.932.